The summed E-state index contributed by atoms with van der Waals surface area (Å²) in [5.41, 5.74) is 9.24. The van der Waals surface area contributed by atoms with Crippen LogP contribution in [0.5, 0.6) is 0 Å². The molecule has 1 aliphatic heterocycles. The zero-order valence-electron chi connectivity index (χ0n) is 12.6. The van der Waals surface area contributed by atoms with Crippen molar-refractivity contribution in [2.24, 2.45) is 0 Å². The van der Waals surface area contributed by atoms with Crippen molar-refractivity contribution in [3.63, 3.8) is 0 Å². The van der Waals surface area contributed by atoms with E-state index in [-0.39, 0.29) is 5.91 Å². The second-order valence-corrected chi connectivity index (χ2v) is 5.64. The number of piperidine rings is 1. The predicted octanol–water partition coefficient (Wildman–Crippen LogP) is 3.51. The summed E-state index contributed by atoms with van der Waals surface area (Å²) in [6.07, 6.45) is 3.63. The minimum Gasteiger partial charge on any atom is -0.397 e. The van der Waals surface area contributed by atoms with Gasteiger partial charge in [-0.2, -0.15) is 0 Å². The molecular weight excluding hydrogens is 274 g/mol. The number of nitrogens with two attached hydrogens (primary N) is 1. The molecule has 4 heteroatoms. The van der Waals surface area contributed by atoms with E-state index < -0.39 is 0 Å². The van der Waals surface area contributed by atoms with Crippen LogP contribution >= 0.6 is 0 Å². The zero-order chi connectivity index (χ0) is 15.4. The number of hydrogen-bond acceptors (Lipinski definition) is 3. The van der Waals surface area contributed by atoms with E-state index in [0.717, 1.165) is 30.2 Å². The number of para-hydroxylation sites is 1. The van der Waals surface area contributed by atoms with Crippen LogP contribution in [-0.4, -0.2) is 19.0 Å². The minimum atomic E-state index is -0.107. The van der Waals surface area contributed by atoms with E-state index in [2.05, 4.69) is 10.2 Å². The molecule has 3 N–H and O–H groups in total. The number of carbonyl (C=O) groups excluding carboxylic acids is 1. The summed E-state index contributed by atoms with van der Waals surface area (Å²) in [5.74, 6) is -0.107. The van der Waals surface area contributed by atoms with Crippen LogP contribution in [0.15, 0.2) is 48.5 Å². The van der Waals surface area contributed by atoms with Crippen molar-refractivity contribution in [1.82, 2.24) is 0 Å². The number of amides is 1. The molecule has 114 valence electrons. The molecule has 0 aromatic heterocycles. The molecule has 1 amide bonds. The molecule has 1 aliphatic rings. The highest BCUT2D eigenvalue weighted by molar-refractivity contribution is 6.05. The first kappa shape index (κ1) is 14.4. The number of anilines is 3. The van der Waals surface area contributed by atoms with Gasteiger partial charge in [0.25, 0.3) is 5.91 Å². The third-order valence-corrected chi connectivity index (χ3v) is 4.02. The number of nitrogens with zero attached hydrogens (tertiary/aromatic N) is 1. The Bertz CT molecular complexity index is 649. The summed E-state index contributed by atoms with van der Waals surface area (Å²) in [6, 6.07) is 15.0. The maximum atomic E-state index is 12.4. The lowest BCUT2D eigenvalue weighted by Crippen LogP contribution is -2.30. The zero-order valence-corrected chi connectivity index (χ0v) is 12.6. The molecule has 1 saturated heterocycles. The lowest BCUT2D eigenvalue weighted by atomic mass is 10.1. The Morgan fingerprint density at radius 1 is 1.00 bits per heavy atom. The van der Waals surface area contributed by atoms with Crippen LogP contribution in [0.3, 0.4) is 0 Å². The fourth-order valence-electron chi connectivity index (χ4n) is 2.82. The van der Waals surface area contributed by atoms with Gasteiger partial charge in [0.05, 0.1) is 11.4 Å². The van der Waals surface area contributed by atoms with E-state index in [1.165, 1.54) is 19.3 Å². The van der Waals surface area contributed by atoms with Gasteiger partial charge in [-0.15, -0.1) is 0 Å². The fraction of sp³-hybridized carbons (Fsp3) is 0.278. The SMILES string of the molecule is Nc1ccc(C(=O)Nc2ccccc2)cc1N1CCCCC1. The lowest BCUT2D eigenvalue weighted by molar-refractivity contribution is 0.102. The quantitative estimate of drug-likeness (QED) is 0.852. The van der Waals surface area contributed by atoms with Crippen molar-refractivity contribution < 1.29 is 4.79 Å². The molecule has 4 nitrogen and oxygen atoms in total. The van der Waals surface area contributed by atoms with Gasteiger partial charge in [-0.3, -0.25) is 4.79 Å². The number of carbonyl (C=O) groups is 1. The van der Waals surface area contributed by atoms with Crippen molar-refractivity contribution in [1.29, 1.82) is 0 Å². The van der Waals surface area contributed by atoms with Crippen LogP contribution in [0.25, 0.3) is 0 Å². The molecule has 0 saturated carbocycles. The second kappa shape index (κ2) is 6.52. The van der Waals surface area contributed by atoms with Crippen molar-refractivity contribution in [2.75, 3.05) is 29.0 Å². The number of benzene rings is 2. The van der Waals surface area contributed by atoms with Crippen molar-refractivity contribution in [2.45, 2.75) is 19.3 Å². The third-order valence-electron chi connectivity index (χ3n) is 4.02. The van der Waals surface area contributed by atoms with Crippen LogP contribution in [0.1, 0.15) is 29.6 Å². The molecular formula is C18H21N3O. The monoisotopic (exact) mass is 295 g/mol. The third kappa shape index (κ3) is 3.22. The first-order chi connectivity index (χ1) is 10.7. The van der Waals surface area contributed by atoms with Gasteiger partial charge in [0, 0.05) is 24.3 Å². The Morgan fingerprint density at radius 3 is 2.45 bits per heavy atom. The van der Waals surface area contributed by atoms with Gasteiger partial charge in [0.2, 0.25) is 0 Å². The standard InChI is InChI=1S/C18H21N3O/c19-16-10-9-14(13-17(16)21-11-5-2-6-12-21)18(22)20-15-7-3-1-4-8-15/h1,3-4,7-10,13H,2,5-6,11-12,19H2,(H,20,22). The van der Waals surface area contributed by atoms with Crippen molar-refractivity contribution in [3.8, 4) is 0 Å². The van der Waals surface area contributed by atoms with Gasteiger partial charge in [0.1, 0.15) is 0 Å². The largest absolute Gasteiger partial charge is 0.397 e. The minimum absolute atomic E-state index is 0.107. The molecule has 0 unspecified atom stereocenters. The van der Waals surface area contributed by atoms with Crippen molar-refractivity contribution in [3.05, 3.63) is 54.1 Å². The van der Waals surface area contributed by atoms with E-state index in [1.807, 2.05) is 42.5 Å². The van der Waals surface area contributed by atoms with E-state index in [9.17, 15) is 4.79 Å². The Kier molecular flexibility index (Phi) is 4.28. The summed E-state index contributed by atoms with van der Waals surface area (Å²) in [7, 11) is 0. The molecule has 3 rings (SSSR count). The van der Waals surface area contributed by atoms with Crippen molar-refractivity contribution >= 4 is 23.0 Å². The maximum Gasteiger partial charge on any atom is 0.255 e. The number of hydrogen-bond donors (Lipinski definition) is 2. The number of rotatable bonds is 3. The van der Waals surface area contributed by atoms with E-state index in [1.54, 1.807) is 6.07 Å². The Hall–Kier alpha value is -2.49. The molecule has 0 spiro atoms. The summed E-state index contributed by atoms with van der Waals surface area (Å²) in [6.45, 7) is 2.02. The predicted molar refractivity (Wildman–Crippen MR) is 91.3 cm³/mol. The van der Waals surface area contributed by atoms with E-state index in [4.69, 9.17) is 5.73 Å². The van der Waals surface area contributed by atoms with Gasteiger partial charge in [-0.1, -0.05) is 18.2 Å². The van der Waals surface area contributed by atoms with Crippen LogP contribution in [0.4, 0.5) is 17.1 Å². The highest BCUT2D eigenvalue weighted by Gasteiger charge is 2.16. The van der Waals surface area contributed by atoms with E-state index in [0.29, 0.717) is 5.56 Å². The summed E-state index contributed by atoms with van der Waals surface area (Å²) < 4.78 is 0. The van der Waals surface area contributed by atoms with Crippen LogP contribution in [0.2, 0.25) is 0 Å². The Morgan fingerprint density at radius 2 is 1.73 bits per heavy atom. The van der Waals surface area contributed by atoms with Gasteiger partial charge in [-0.25, -0.2) is 0 Å². The molecule has 0 bridgehead atoms. The van der Waals surface area contributed by atoms with Gasteiger partial charge >= 0.3 is 0 Å². The average Bonchev–Trinajstić information content (AvgIpc) is 2.57. The molecule has 0 aliphatic carbocycles. The highest BCUT2D eigenvalue weighted by Crippen LogP contribution is 2.27. The number of nitrogen functional groups attached to an aromatic ring is 1. The fourth-order valence-corrected chi connectivity index (χ4v) is 2.82. The topological polar surface area (TPSA) is 58.4 Å². The highest BCUT2D eigenvalue weighted by atomic mass is 16.1. The molecule has 1 heterocycles. The Balaban J connectivity index is 1.80. The van der Waals surface area contributed by atoms with Crippen LogP contribution in [-0.2, 0) is 0 Å². The first-order valence-corrected chi connectivity index (χ1v) is 7.75. The van der Waals surface area contributed by atoms with E-state index >= 15 is 0 Å². The molecule has 2 aromatic carbocycles. The first-order valence-electron chi connectivity index (χ1n) is 7.75. The van der Waals surface area contributed by atoms with Crippen LogP contribution in [0, 0.1) is 0 Å². The second-order valence-electron chi connectivity index (χ2n) is 5.64. The summed E-state index contributed by atoms with van der Waals surface area (Å²) >= 11 is 0. The smallest absolute Gasteiger partial charge is 0.255 e. The summed E-state index contributed by atoms with van der Waals surface area (Å²) in [4.78, 5) is 14.7. The molecule has 1 fully saturated rings. The maximum absolute atomic E-state index is 12.4. The number of nitrogens with one attached hydrogen (secondary N) is 1. The lowest BCUT2D eigenvalue weighted by Gasteiger charge is -2.30. The summed E-state index contributed by atoms with van der Waals surface area (Å²) in [5, 5.41) is 2.91. The molecule has 2 aromatic rings. The van der Waals surface area contributed by atoms with Gasteiger partial charge < -0.3 is 16.0 Å². The normalized spacial score (nSPS) is 14.6. The Labute approximate surface area is 130 Å². The van der Waals surface area contributed by atoms with Gasteiger partial charge in [-0.05, 0) is 49.6 Å². The molecule has 22 heavy (non-hydrogen) atoms. The average molecular weight is 295 g/mol. The molecule has 0 radical (unpaired) electrons. The van der Waals surface area contributed by atoms with Gasteiger partial charge in [0.15, 0.2) is 0 Å². The molecule has 0 atom stereocenters. The van der Waals surface area contributed by atoms with Crippen LogP contribution < -0.4 is 16.0 Å².